The lowest BCUT2D eigenvalue weighted by Crippen LogP contribution is -2.26. The smallest absolute Gasteiger partial charge is 0.319 e. The van der Waals surface area contributed by atoms with Gasteiger partial charge in [0.25, 0.3) is 0 Å². The lowest BCUT2D eigenvalue weighted by atomic mass is 10.2. The fourth-order valence-corrected chi connectivity index (χ4v) is 1.96. The number of hydrogen-bond acceptors (Lipinski definition) is 5. The van der Waals surface area contributed by atoms with Crippen LogP contribution in [0.3, 0.4) is 0 Å². The van der Waals surface area contributed by atoms with Crippen LogP contribution in [0.1, 0.15) is 12.0 Å². The van der Waals surface area contributed by atoms with Crippen LogP contribution in [-0.4, -0.2) is 44.8 Å². The molecule has 0 unspecified atom stereocenters. The van der Waals surface area contributed by atoms with Crippen molar-refractivity contribution in [1.82, 2.24) is 4.90 Å². The molecule has 19 heavy (non-hydrogen) atoms. The molecule has 0 atom stereocenters. The van der Waals surface area contributed by atoms with Crippen molar-refractivity contribution in [2.24, 2.45) is 0 Å². The van der Waals surface area contributed by atoms with Gasteiger partial charge in [-0.05, 0) is 24.7 Å². The number of benzene rings is 1. The number of ether oxygens (including phenoxy) is 3. The summed E-state index contributed by atoms with van der Waals surface area (Å²) in [6.45, 7) is 2.29. The van der Waals surface area contributed by atoms with Crippen LogP contribution in [0.2, 0.25) is 0 Å². The van der Waals surface area contributed by atoms with E-state index in [-0.39, 0.29) is 12.5 Å². The monoisotopic (exact) mass is 265 g/mol. The summed E-state index contributed by atoms with van der Waals surface area (Å²) in [6, 6.07) is 5.87. The molecule has 1 aromatic carbocycles. The number of carbonyl (C=O) groups is 1. The molecule has 0 spiro atoms. The van der Waals surface area contributed by atoms with Gasteiger partial charge in [-0.2, -0.15) is 0 Å². The van der Waals surface area contributed by atoms with Crippen LogP contribution in [0, 0.1) is 0 Å². The molecular weight excluding hydrogens is 246 g/mol. The molecule has 0 radical (unpaired) electrons. The molecule has 104 valence electrons. The normalized spacial score (nSPS) is 14.1. The summed E-state index contributed by atoms with van der Waals surface area (Å²) in [6.07, 6.45) is 0.895. The van der Waals surface area contributed by atoms with Crippen molar-refractivity contribution in [1.29, 1.82) is 0 Å². The molecule has 0 aliphatic carbocycles. The summed E-state index contributed by atoms with van der Waals surface area (Å²) >= 11 is 0. The number of rotatable bonds is 4. The van der Waals surface area contributed by atoms with E-state index in [2.05, 4.69) is 4.74 Å². The Balaban J connectivity index is 2.01. The lowest BCUT2D eigenvalue weighted by Gasteiger charge is -2.16. The third-order valence-corrected chi connectivity index (χ3v) is 2.89. The van der Waals surface area contributed by atoms with Gasteiger partial charge in [0.05, 0.1) is 26.9 Å². The van der Waals surface area contributed by atoms with Gasteiger partial charge in [-0.15, -0.1) is 0 Å². The quantitative estimate of drug-likeness (QED) is 0.771. The zero-order valence-electron chi connectivity index (χ0n) is 11.3. The SMILES string of the molecule is COC(=O)CN(C)Cc1ccc2c(c1)OCCCO2. The van der Waals surface area contributed by atoms with E-state index in [0.29, 0.717) is 19.8 Å². The van der Waals surface area contributed by atoms with Gasteiger partial charge >= 0.3 is 5.97 Å². The minimum Gasteiger partial charge on any atom is -0.490 e. The highest BCUT2D eigenvalue weighted by Gasteiger charge is 2.12. The highest BCUT2D eigenvalue weighted by Crippen LogP contribution is 2.30. The van der Waals surface area contributed by atoms with E-state index >= 15 is 0 Å². The third kappa shape index (κ3) is 3.86. The Hall–Kier alpha value is -1.75. The second-order valence-corrected chi connectivity index (χ2v) is 4.58. The summed E-state index contributed by atoms with van der Waals surface area (Å²) in [5, 5.41) is 0. The van der Waals surface area contributed by atoms with Gasteiger partial charge in [0.1, 0.15) is 0 Å². The predicted octanol–water partition coefficient (Wildman–Crippen LogP) is 1.45. The molecule has 5 nitrogen and oxygen atoms in total. The average Bonchev–Trinajstić information content (AvgIpc) is 2.63. The molecule has 0 amide bonds. The topological polar surface area (TPSA) is 48.0 Å². The van der Waals surface area contributed by atoms with E-state index < -0.39 is 0 Å². The Bertz CT molecular complexity index is 447. The number of nitrogens with zero attached hydrogens (tertiary/aromatic N) is 1. The maximum atomic E-state index is 11.2. The van der Waals surface area contributed by atoms with Gasteiger partial charge in [0, 0.05) is 13.0 Å². The van der Waals surface area contributed by atoms with Gasteiger partial charge in [0.2, 0.25) is 0 Å². The van der Waals surface area contributed by atoms with E-state index in [1.165, 1.54) is 7.11 Å². The molecule has 0 bridgehead atoms. The molecule has 0 saturated heterocycles. The summed E-state index contributed by atoms with van der Waals surface area (Å²) in [4.78, 5) is 13.1. The molecule has 0 aromatic heterocycles. The number of methoxy groups -OCH3 is 1. The molecule has 0 N–H and O–H groups in total. The van der Waals surface area contributed by atoms with Gasteiger partial charge in [0.15, 0.2) is 11.5 Å². The van der Waals surface area contributed by atoms with Gasteiger partial charge in [-0.1, -0.05) is 6.07 Å². The largest absolute Gasteiger partial charge is 0.490 e. The van der Waals surface area contributed by atoms with E-state index in [9.17, 15) is 4.79 Å². The van der Waals surface area contributed by atoms with Crippen molar-refractivity contribution in [2.75, 3.05) is 33.9 Å². The summed E-state index contributed by atoms with van der Waals surface area (Å²) in [5.41, 5.74) is 1.08. The van der Waals surface area contributed by atoms with Gasteiger partial charge in [-0.25, -0.2) is 0 Å². The number of fused-ring (bicyclic) bond motifs is 1. The summed E-state index contributed by atoms with van der Waals surface area (Å²) in [5.74, 6) is 1.33. The number of likely N-dealkylation sites (N-methyl/N-ethyl adjacent to an activating group) is 1. The maximum absolute atomic E-state index is 11.2. The molecule has 1 heterocycles. The van der Waals surface area contributed by atoms with E-state index in [4.69, 9.17) is 9.47 Å². The first-order valence-corrected chi connectivity index (χ1v) is 6.33. The maximum Gasteiger partial charge on any atom is 0.319 e. The fourth-order valence-electron chi connectivity index (χ4n) is 1.96. The van der Waals surface area contributed by atoms with Crippen molar-refractivity contribution in [2.45, 2.75) is 13.0 Å². The molecule has 1 aliphatic heterocycles. The van der Waals surface area contributed by atoms with Crippen molar-refractivity contribution in [3.05, 3.63) is 23.8 Å². The van der Waals surface area contributed by atoms with E-state index in [1.54, 1.807) is 0 Å². The minimum atomic E-state index is -0.239. The van der Waals surface area contributed by atoms with Crippen LogP contribution in [0.25, 0.3) is 0 Å². The molecular formula is C14H19NO4. The molecule has 1 aliphatic rings. The van der Waals surface area contributed by atoms with Crippen LogP contribution >= 0.6 is 0 Å². The first-order valence-electron chi connectivity index (χ1n) is 6.33. The number of hydrogen-bond donors (Lipinski definition) is 0. The second kappa shape index (κ2) is 6.43. The van der Waals surface area contributed by atoms with Crippen LogP contribution in [-0.2, 0) is 16.1 Å². The highest BCUT2D eigenvalue weighted by molar-refractivity contribution is 5.71. The molecule has 1 aromatic rings. The summed E-state index contributed by atoms with van der Waals surface area (Å²) < 4.78 is 15.9. The Morgan fingerprint density at radius 1 is 1.32 bits per heavy atom. The molecule has 2 rings (SSSR count). The minimum absolute atomic E-state index is 0.239. The zero-order valence-corrected chi connectivity index (χ0v) is 11.3. The van der Waals surface area contributed by atoms with Crippen molar-refractivity contribution >= 4 is 5.97 Å². The fraction of sp³-hybridized carbons (Fsp3) is 0.500. The summed E-state index contributed by atoms with van der Waals surface area (Å²) in [7, 11) is 3.27. The Morgan fingerprint density at radius 3 is 2.79 bits per heavy atom. The van der Waals surface area contributed by atoms with Crippen molar-refractivity contribution in [3.63, 3.8) is 0 Å². The highest BCUT2D eigenvalue weighted by atomic mass is 16.5. The number of carbonyl (C=O) groups excluding carboxylic acids is 1. The molecule has 5 heteroatoms. The first-order chi connectivity index (χ1) is 9.19. The molecule has 0 fully saturated rings. The average molecular weight is 265 g/mol. The van der Waals surface area contributed by atoms with Gasteiger partial charge in [-0.3, -0.25) is 9.69 Å². The Kier molecular flexibility index (Phi) is 4.63. The standard InChI is InChI=1S/C14H19NO4/c1-15(10-14(16)17-2)9-11-4-5-12-13(8-11)19-7-3-6-18-12/h4-5,8H,3,6-7,9-10H2,1-2H3. The number of esters is 1. The van der Waals surface area contributed by atoms with Gasteiger partial charge < -0.3 is 14.2 Å². The van der Waals surface area contributed by atoms with Crippen molar-refractivity contribution in [3.8, 4) is 11.5 Å². The van der Waals surface area contributed by atoms with Crippen LogP contribution in [0.15, 0.2) is 18.2 Å². The van der Waals surface area contributed by atoms with E-state index in [0.717, 1.165) is 23.5 Å². The van der Waals surface area contributed by atoms with Crippen LogP contribution in [0.4, 0.5) is 0 Å². The second-order valence-electron chi connectivity index (χ2n) is 4.58. The lowest BCUT2D eigenvalue weighted by molar-refractivity contribution is -0.141. The Morgan fingerprint density at radius 2 is 2.05 bits per heavy atom. The third-order valence-electron chi connectivity index (χ3n) is 2.89. The first kappa shape index (κ1) is 13.7. The Labute approximate surface area is 113 Å². The predicted molar refractivity (Wildman–Crippen MR) is 70.4 cm³/mol. The molecule has 0 saturated carbocycles. The van der Waals surface area contributed by atoms with Crippen LogP contribution in [0.5, 0.6) is 11.5 Å². The van der Waals surface area contributed by atoms with Crippen molar-refractivity contribution < 1.29 is 19.0 Å². The van der Waals surface area contributed by atoms with E-state index in [1.807, 2.05) is 30.1 Å². The van der Waals surface area contributed by atoms with Crippen LogP contribution < -0.4 is 9.47 Å². The zero-order chi connectivity index (χ0) is 13.7.